The summed E-state index contributed by atoms with van der Waals surface area (Å²) in [5.74, 6) is 0.612. The van der Waals surface area contributed by atoms with Crippen molar-refractivity contribution in [3.63, 3.8) is 0 Å². The van der Waals surface area contributed by atoms with E-state index in [2.05, 4.69) is 16.5 Å². The van der Waals surface area contributed by atoms with Gasteiger partial charge in [-0.15, -0.1) is 0 Å². The predicted molar refractivity (Wildman–Crippen MR) is 129 cm³/mol. The number of sulfonamides is 1. The number of carbonyl (C=O) groups excluding carboxylic acids is 2. The second-order valence-electron chi connectivity index (χ2n) is 9.50. The van der Waals surface area contributed by atoms with Gasteiger partial charge in [0.2, 0.25) is 21.8 Å². The summed E-state index contributed by atoms with van der Waals surface area (Å²) >= 11 is 0. The molecule has 0 spiro atoms. The molecule has 4 rings (SSSR count). The van der Waals surface area contributed by atoms with E-state index in [9.17, 15) is 18.0 Å². The van der Waals surface area contributed by atoms with Gasteiger partial charge in [0, 0.05) is 64.3 Å². The SMILES string of the molecule is CC1CCN(C(=O)CCC(=O)N2CCc3cc(S(=O)(=O)NCCN4CCOCC4)ccc32)CC1. The summed E-state index contributed by atoms with van der Waals surface area (Å²) in [5, 5.41) is 0. The smallest absolute Gasteiger partial charge is 0.240 e. The lowest BCUT2D eigenvalue weighted by Crippen LogP contribution is -2.41. The maximum Gasteiger partial charge on any atom is 0.240 e. The highest BCUT2D eigenvalue weighted by molar-refractivity contribution is 7.89. The molecule has 0 aromatic heterocycles. The largest absolute Gasteiger partial charge is 0.379 e. The third-order valence-electron chi connectivity index (χ3n) is 7.07. The van der Waals surface area contributed by atoms with E-state index in [0.29, 0.717) is 45.2 Å². The van der Waals surface area contributed by atoms with Crippen LogP contribution in [0.1, 0.15) is 38.2 Å². The molecule has 0 radical (unpaired) electrons. The van der Waals surface area contributed by atoms with Crippen LogP contribution in [0, 0.1) is 5.92 Å². The quantitative estimate of drug-likeness (QED) is 0.586. The molecule has 0 bridgehead atoms. The molecular formula is C24H36N4O5S. The van der Waals surface area contributed by atoms with E-state index in [1.165, 1.54) is 0 Å². The minimum atomic E-state index is -3.62. The van der Waals surface area contributed by atoms with Crippen molar-refractivity contribution in [1.82, 2.24) is 14.5 Å². The van der Waals surface area contributed by atoms with Crippen LogP contribution in [0.15, 0.2) is 23.1 Å². The highest BCUT2D eigenvalue weighted by Gasteiger charge is 2.28. The van der Waals surface area contributed by atoms with Crippen molar-refractivity contribution in [3.05, 3.63) is 23.8 Å². The number of ether oxygens (including phenoxy) is 1. The number of carbonyl (C=O) groups is 2. The summed E-state index contributed by atoms with van der Waals surface area (Å²) < 4.78 is 33.5. The summed E-state index contributed by atoms with van der Waals surface area (Å²) in [4.78, 5) is 31.3. The van der Waals surface area contributed by atoms with Crippen LogP contribution in [0.25, 0.3) is 0 Å². The van der Waals surface area contributed by atoms with Gasteiger partial charge in [0.15, 0.2) is 0 Å². The van der Waals surface area contributed by atoms with Gasteiger partial charge in [-0.05, 0) is 48.9 Å². The van der Waals surface area contributed by atoms with E-state index in [-0.39, 0.29) is 29.6 Å². The molecule has 0 unspecified atom stereocenters. The second kappa shape index (κ2) is 11.2. The predicted octanol–water partition coefficient (Wildman–Crippen LogP) is 1.22. The molecule has 0 saturated carbocycles. The molecule has 0 aliphatic carbocycles. The summed E-state index contributed by atoms with van der Waals surface area (Å²) in [6.07, 6.45) is 3.04. The fraction of sp³-hybridized carbons (Fsp3) is 0.667. The summed E-state index contributed by atoms with van der Waals surface area (Å²) in [6.45, 7) is 8.24. The Labute approximate surface area is 202 Å². The first-order valence-corrected chi connectivity index (χ1v) is 13.8. The number of piperidine rings is 1. The molecule has 188 valence electrons. The molecule has 9 nitrogen and oxygen atoms in total. The number of hydrogen-bond acceptors (Lipinski definition) is 6. The minimum Gasteiger partial charge on any atom is -0.379 e. The van der Waals surface area contributed by atoms with Crippen LogP contribution in [0.2, 0.25) is 0 Å². The molecule has 2 amide bonds. The number of amides is 2. The Hall–Kier alpha value is -2.01. The normalized spacial score (nSPS) is 19.9. The number of hydrogen-bond donors (Lipinski definition) is 1. The molecule has 2 fully saturated rings. The average molecular weight is 493 g/mol. The van der Waals surface area contributed by atoms with Gasteiger partial charge >= 0.3 is 0 Å². The zero-order valence-corrected chi connectivity index (χ0v) is 20.8. The zero-order chi connectivity index (χ0) is 24.1. The van der Waals surface area contributed by atoms with Crippen molar-refractivity contribution < 1.29 is 22.7 Å². The molecule has 3 aliphatic rings. The lowest BCUT2D eigenvalue weighted by atomic mass is 9.99. The van der Waals surface area contributed by atoms with Gasteiger partial charge in [0.1, 0.15) is 0 Å². The van der Waals surface area contributed by atoms with Crippen molar-refractivity contribution in [2.45, 2.75) is 43.9 Å². The first-order valence-electron chi connectivity index (χ1n) is 12.3. The lowest BCUT2D eigenvalue weighted by molar-refractivity contribution is -0.134. The van der Waals surface area contributed by atoms with Gasteiger partial charge in [-0.2, -0.15) is 0 Å². The molecule has 3 aliphatic heterocycles. The van der Waals surface area contributed by atoms with Crippen LogP contribution in [0.5, 0.6) is 0 Å². The van der Waals surface area contributed by atoms with E-state index in [1.807, 2.05) is 4.90 Å². The third kappa shape index (κ3) is 6.16. The number of anilines is 1. The lowest BCUT2D eigenvalue weighted by Gasteiger charge is -2.30. The zero-order valence-electron chi connectivity index (χ0n) is 20.0. The van der Waals surface area contributed by atoms with Gasteiger partial charge in [-0.3, -0.25) is 14.5 Å². The first-order chi connectivity index (χ1) is 16.3. The van der Waals surface area contributed by atoms with Gasteiger partial charge in [-0.1, -0.05) is 6.92 Å². The number of likely N-dealkylation sites (tertiary alicyclic amines) is 1. The molecule has 1 aromatic carbocycles. The van der Waals surface area contributed by atoms with Crippen LogP contribution in [-0.4, -0.2) is 89.1 Å². The van der Waals surface area contributed by atoms with Crippen LogP contribution in [0.3, 0.4) is 0 Å². The van der Waals surface area contributed by atoms with Crippen molar-refractivity contribution in [1.29, 1.82) is 0 Å². The van der Waals surface area contributed by atoms with Gasteiger partial charge < -0.3 is 14.5 Å². The Morgan fingerprint density at radius 3 is 2.47 bits per heavy atom. The molecule has 0 atom stereocenters. The number of benzene rings is 1. The molecule has 34 heavy (non-hydrogen) atoms. The summed E-state index contributed by atoms with van der Waals surface area (Å²) in [7, 11) is -3.62. The minimum absolute atomic E-state index is 0.0456. The van der Waals surface area contributed by atoms with Crippen molar-refractivity contribution in [3.8, 4) is 0 Å². The van der Waals surface area contributed by atoms with Crippen molar-refractivity contribution in [2.24, 2.45) is 5.92 Å². The molecular weight excluding hydrogens is 456 g/mol. The molecule has 3 heterocycles. The van der Waals surface area contributed by atoms with Crippen molar-refractivity contribution in [2.75, 3.05) is 63.9 Å². The van der Waals surface area contributed by atoms with Crippen LogP contribution >= 0.6 is 0 Å². The summed E-state index contributed by atoms with van der Waals surface area (Å²) in [6, 6.07) is 4.94. The third-order valence-corrected chi connectivity index (χ3v) is 8.53. The van der Waals surface area contributed by atoms with E-state index in [1.54, 1.807) is 23.1 Å². The maximum absolute atomic E-state index is 12.8. The second-order valence-corrected chi connectivity index (χ2v) is 11.3. The van der Waals surface area contributed by atoms with E-state index >= 15 is 0 Å². The van der Waals surface area contributed by atoms with E-state index in [0.717, 1.165) is 50.3 Å². The highest BCUT2D eigenvalue weighted by Crippen LogP contribution is 2.31. The first kappa shape index (κ1) is 25.1. The molecule has 2 saturated heterocycles. The highest BCUT2D eigenvalue weighted by atomic mass is 32.2. The maximum atomic E-state index is 12.8. The van der Waals surface area contributed by atoms with Crippen LogP contribution in [-0.2, 0) is 30.8 Å². The van der Waals surface area contributed by atoms with Gasteiger partial charge in [0.05, 0.1) is 18.1 Å². The number of rotatable bonds is 8. The average Bonchev–Trinajstić information content (AvgIpc) is 3.27. The van der Waals surface area contributed by atoms with Gasteiger partial charge in [0.25, 0.3) is 0 Å². The fourth-order valence-electron chi connectivity index (χ4n) is 4.82. The van der Waals surface area contributed by atoms with E-state index < -0.39 is 10.0 Å². The van der Waals surface area contributed by atoms with Crippen LogP contribution < -0.4 is 9.62 Å². The molecule has 1 N–H and O–H groups in total. The van der Waals surface area contributed by atoms with Gasteiger partial charge in [-0.25, -0.2) is 13.1 Å². The number of morpholine rings is 1. The number of nitrogens with zero attached hydrogens (tertiary/aromatic N) is 3. The molecule has 10 heteroatoms. The Kier molecular flexibility index (Phi) is 8.23. The Balaban J connectivity index is 1.29. The Morgan fingerprint density at radius 1 is 1.03 bits per heavy atom. The summed E-state index contributed by atoms with van der Waals surface area (Å²) in [5.41, 5.74) is 1.59. The topological polar surface area (TPSA) is 99.3 Å². The fourth-order valence-corrected chi connectivity index (χ4v) is 5.89. The Bertz CT molecular complexity index is 985. The van der Waals surface area contributed by atoms with E-state index in [4.69, 9.17) is 4.74 Å². The Morgan fingerprint density at radius 2 is 1.74 bits per heavy atom. The molecule has 1 aromatic rings. The number of nitrogens with one attached hydrogen (secondary N) is 1. The van der Waals surface area contributed by atoms with Crippen molar-refractivity contribution >= 4 is 27.5 Å². The standard InChI is InChI=1S/C24H36N4O5S/c1-19-6-10-27(11-7-19)23(29)4-5-24(30)28-12-8-20-18-21(2-3-22(20)28)34(31,32)25-9-13-26-14-16-33-17-15-26/h2-3,18-19,25H,4-17H2,1H3. The monoisotopic (exact) mass is 492 g/mol. The van der Waals surface area contributed by atoms with Crippen LogP contribution in [0.4, 0.5) is 5.69 Å². The number of fused-ring (bicyclic) bond motifs is 1.